The zero-order valence-electron chi connectivity index (χ0n) is 17.0. The van der Waals surface area contributed by atoms with Gasteiger partial charge in [0.1, 0.15) is 10.2 Å². The van der Waals surface area contributed by atoms with E-state index in [4.69, 9.17) is 14.2 Å². The van der Waals surface area contributed by atoms with Gasteiger partial charge in [0.25, 0.3) is 0 Å². The van der Waals surface area contributed by atoms with Crippen LogP contribution in [0.2, 0.25) is 0 Å². The van der Waals surface area contributed by atoms with Gasteiger partial charge in [0.15, 0.2) is 0 Å². The lowest BCUT2D eigenvalue weighted by atomic mass is 10.1. The molecule has 0 radical (unpaired) electrons. The van der Waals surface area contributed by atoms with Gasteiger partial charge in [-0.1, -0.05) is 40.0 Å². The molecule has 0 bridgehead atoms. The molecule has 140 valence electrons. The molecule has 0 fully saturated rings. The quantitative estimate of drug-likeness (QED) is 0.274. The van der Waals surface area contributed by atoms with Crippen LogP contribution in [0.5, 0.6) is 0 Å². The van der Waals surface area contributed by atoms with Crippen molar-refractivity contribution in [2.24, 2.45) is 0 Å². The zero-order valence-corrected chi connectivity index (χ0v) is 19.0. The smallest absolute Gasteiger partial charge is 0.242 e. The van der Waals surface area contributed by atoms with Crippen LogP contribution in [-0.2, 0) is 14.2 Å². The first kappa shape index (κ1) is 23.1. The lowest BCUT2D eigenvalue weighted by molar-refractivity contribution is -0.996. The molecule has 0 aliphatic heterocycles. The summed E-state index contributed by atoms with van der Waals surface area (Å²) in [6.07, 6.45) is 7.25. The summed E-state index contributed by atoms with van der Waals surface area (Å²) in [7, 11) is 6.17. The van der Waals surface area contributed by atoms with Crippen LogP contribution in [0.1, 0.15) is 66.2 Å². The fraction of sp³-hybridized carbons (Fsp3) is 1.00. The van der Waals surface area contributed by atoms with Crippen LogP contribution in [0, 0.1) is 0 Å². The summed E-state index contributed by atoms with van der Waals surface area (Å²) in [5.41, 5.74) is 0. The van der Waals surface area contributed by atoms with E-state index in [9.17, 15) is 0 Å². The number of hydrogen-bond acceptors (Lipinski definition) is 3. The highest BCUT2D eigenvalue weighted by molar-refractivity contribution is 6.14. The molecule has 0 spiro atoms. The molecule has 0 saturated carbocycles. The van der Waals surface area contributed by atoms with E-state index in [1.54, 1.807) is 14.2 Å². The van der Waals surface area contributed by atoms with Gasteiger partial charge in [-0.05, 0) is 26.2 Å². The molecule has 0 aromatic carbocycles. The van der Waals surface area contributed by atoms with Crippen LogP contribution in [0.15, 0.2) is 0 Å². The molecule has 0 saturated heterocycles. The summed E-state index contributed by atoms with van der Waals surface area (Å²) in [6.45, 7) is 12.2. The topological polar surface area (TPSA) is 27.7 Å². The van der Waals surface area contributed by atoms with Crippen molar-refractivity contribution >= 4 is 10.2 Å². The molecule has 0 aromatic heterocycles. The summed E-state index contributed by atoms with van der Waals surface area (Å²) in [5, 5.41) is -0.407. The molecule has 0 rings (SSSR count). The molecular formula is C18H42NO3Si+. The molecule has 4 nitrogen and oxygen atoms in total. The first-order chi connectivity index (χ1) is 10.9. The van der Waals surface area contributed by atoms with Crippen molar-refractivity contribution in [3.05, 3.63) is 0 Å². The van der Waals surface area contributed by atoms with Crippen molar-refractivity contribution in [1.82, 2.24) is 0 Å². The number of ether oxygens (including phenoxy) is 3. The summed E-state index contributed by atoms with van der Waals surface area (Å²) >= 11 is 0. The van der Waals surface area contributed by atoms with Gasteiger partial charge in [-0.2, -0.15) is 0 Å². The Balaban J connectivity index is 5.95. The van der Waals surface area contributed by atoms with Gasteiger partial charge in [0.05, 0.1) is 19.6 Å². The number of methoxy groups -OCH3 is 3. The summed E-state index contributed by atoms with van der Waals surface area (Å²) in [5.74, 6) is -0.719. The average Bonchev–Trinajstić information content (AvgIpc) is 2.59. The minimum atomic E-state index is -0.719. The van der Waals surface area contributed by atoms with E-state index in [0.717, 1.165) is 34.4 Å². The van der Waals surface area contributed by atoms with E-state index in [-0.39, 0.29) is 0 Å². The maximum atomic E-state index is 6.23. The highest BCUT2D eigenvalue weighted by atomic mass is 28.1. The third-order valence-electron chi connectivity index (χ3n) is 5.74. The van der Waals surface area contributed by atoms with Crippen LogP contribution in [0.25, 0.3) is 0 Å². The number of rotatable bonds is 14. The average molecular weight is 349 g/mol. The standard InChI is InChI=1S/C18H42NO3Si/c1-8-11-14-19(15-12-9-2,16-13-10-3)18(23,22-7)17(4,20-5)21-6/h8-16H2,1-7,23H3/q+1. The van der Waals surface area contributed by atoms with Crippen LogP contribution in [0.4, 0.5) is 0 Å². The highest BCUT2D eigenvalue weighted by Gasteiger charge is 2.60. The molecule has 1 atom stereocenters. The van der Waals surface area contributed by atoms with E-state index >= 15 is 0 Å². The van der Waals surface area contributed by atoms with Crippen LogP contribution in [0.3, 0.4) is 0 Å². The highest BCUT2D eigenvalue weighted by Crippen LogP contribution is 2.38. The van der Waals surface area contributed by atoms with Crippen LogP contribution >= 0.6 is 0 Å². The number of nitrogens with zero attached hydrogens (tertiary/aromatic N) is 1. The van der Waals surface area contributed by atoms with Crippen molar-refractivity contribution in [1.29, 1.82) is 0 Å². The third-order valence-corrected chi connectivity index (χ3v) is 8.01. The van der Waals surface area contributed by atoms with Crippen molar-refractivity contribution in [3.8, 4) is 0 Å². The molecule has 5 heteroatoms. The van der Waals surface area contributed by atoms with E-state index in [0.29, 0.717) is 0 Å². The molecule has 23 heavy (non-hydrogen) atoms. The van der Waals surface area contributed by atoms with Crippen molar-refractivity contribution in [2.75, 3.05) is 41.0 Å². The summed E-state index contributed by atoms with van der Waals surface area (Å²) < 4.78 is 18.9. The number of unbranched alkanes of at least 4 members (excludes halogenated alkanes) is 3. The predicted octanol–water partition coefficient (Wildman–Crippen LogP) is 2.88. The molecule has 0 aliphatic carbocycles. The largest absolute Gasteiger partial charge is 0.347 e. The minimum Gasteiger partial charge on any atom is -0.347 e. The Bertz CT molecular complexity index is 289. The molecule has 0 amide bonds. The summed E-state index contributed by atoms with van der Waals surface area (Å²) in [6, 6.07) is 0. The predicted molar refractivity (Wildman–Crippen MR) is 102 cm³/mol. The second kappa shape index (κ2) is 10.8. The Labute approximate surface area is 147 Å². The number of quaternary nitrogens is 1. The Morgan fingerprint density at radius 1 is 0.739 bits per heavy atom. The van der Waals surface area contributed by atoms with Gasteiger partial charge in [-0.15, -0.1) is 0 Å². The van der Waals surface area contributed by atoms with Crippen molar-refractivity contribution in [2.45, 2.75) is 77.4 Å². The Morgan fingerprint density at radius 3 is 1.30 bits per heavy atom. The Kier molecular flexibility index (Phi) is 10.9. The third kappa shape index (κ3) is 5.02. The molecule has 0 heterocycles. The van der Waals surface area contributed by atoms with E-state index in [1.807, 2.05) is 14.0 Å². The van der Waals surface area contributed by atoms with Gasteiger partial charge in [0, 0.05) is 21.3 Å². The monoisotopic (exact) mass is 348 g/mol. The van der Waals surface area contributed by atoms with Crippen LogP contribution in [-0.4, -0.2) is 66.8 Å². The fourth-order valence-electron chi connectivity index (χ4n) is 3.63. The fourth-order valence-corrected chi connectivity index (χ4v) is 4.71. The Hall–Kier alpha value is 0.0569. The molecule has 0 N–H and O–H groups in total. The minimum absolute atomic E-state index is 0.407. The molecule has 0 aliphatic rings. The normalized spacial score (nSPS) is 15.8. The van der Waals surface area contributed by atoms with Gasteiger partial charge in [-0.25, -0.2) is 0 Å². The second-order valence-electron chi connectivity index (χ2n) is 6.92. The van der Waals surface area contributed by atoms with Gasteiger partial charge < -0.3 is 14.2 Å². The first-order valence-corrected chi connectivity index (χ1v) is 10.4. The lowest BCUT2D eigenvalue weighted by Gasteiger charge is -2.57. The summed E-state index contributed by atoms with van der Waals surface area (Å²) in [4.78, 5) is 0. The number of hydrogen-bond donors (Lipinski definition) is 0. The SMILES string of the molecule is CCCC[N+](CCCC)(CCCC)C([SiH3])(OC)C(C)(OC)OC. The Morgan fingerprint density at radius 2 is 1.09 bits per heavy atom. The molecular weight excluding hydrogens is 306 g/mol. The van der Waals surface area contributed by atoms with E-state index in [1.165, 1.54) is 38.5 Å². The van der Waals surface area contributed by atoms with Gasteiger partial charge in [0.2, 0.25) is 11.1 Å². The van der Waals surface area contributed by atoms with Crippen LogP contribution < -0.4 is 0 Å². The lowest BCUT2D eigenvalue weighted by Crippen LogP contribution is -2.76. The molecule has 0 aromatic rings. The maximum absolute atomic E-state index is 6.23. The molecule has 1 unspecified atom stereocenters. The van der Waals surface area contributed by atoms with Crippen molar-refractivity contribution in [3.63, 3.8) is 0 Å². The van der Waals surface area contributed by atoms with E-state index in [2.05, 4.69) is 20.8 Å². The second-order valence-corrected chi connectivity index (χ2v) is 8.27. The maximum Gasteiger partial charge on any atom is 0.242 e. The zero-order chi connectivity index (χ0) is 18.0. The van der Waals surface area contributed by atoms with Gasteiger partial charge >= 0.3 is 0 Å². The van der Waals surface area contributed by atoms with E-state index < -0.39 is 11.1 Å². The first-order valence-electron chi connectivity index (χ1n) is 9.38. The van der Waals surface area contributed by atoms with Gasteiger partial charge in [-0.3, -0.25) is 4.48 Å². The van der Waals surface area contributed by atoms with Crippen molar-refractivity contribution < 1.29 is 18.7 Å².